The van der Waals surface area contributed by atoms with E-state index in [-0.39, 0.29) is 11.1 Å². The van der Waals surface area contributed by atoms with Gasteiger partial charge in [0.05, 0.1) is 12.4 Å². The van der Waals surface area contributed by atoms with Crippen molar-refractivity contribution in [2.24, 2.45) is 0 Å². The van der Waals surface area contributed by atoms with Gasteiger partial charge in [0, 0.05) is 14.1 Å². The number of hydrogen-bond donors (Lipinski definition) is 3. The minimum absolute atomic E-state index is 0.161. The van der Waals surface area contributed by atoms with Gasteiger partial charge in [-0.1, -0.05) is 0 Å². The summed E-state index contributed by atoms with van der Waals surface area (Å²) >= 11 is 0. The summed E-state index contributed by atoms with van der Waals surface area (Å²) in [5.41, 5.74) is 0.0964. The molecule has 4 atom stereocenters. The van der Waals surface area contributed by atoms with Gasteiger partial charge in [-0.3, -0.25) is 14.3 Å². The molecule has 1 aliphatic heterocycles. The Hall–Kier alpha value is -1.67. The van der Waals surface area contributed by atoms with Crippen molar-refractivity contribution in [2.45, 2.75) is 31.0 Å². The molecule has 10 heteroatoms. The van der Waals surface area contributed by atoms with Gasteiger partial charge in [-0.05, 0) is 25.9 Å². The molecule has 0 amide bonds. The third-order valence-electron chi connectivity index (χ3n) is 4.47. The first-order valence-corrected chi connectivity index (χ1v) is 11.5. The van der Waals surface area contributed by atoms with Crippen molar-refractivity contribution < 1.29 is 14.9 Å². The van der Waals surface area contributed by atoms with Crippen LogP contribution < -0.4 is 10.5 Å². The zero-order valence-corrected chi connectivity index (χ0v) is 16.3. The number of fused-ring (bicyclic) bond motifs is 1. The standard InChI is InChI=1S/C16H26N5O4P/c1-20(2)16-18-13-10(14(24)19-16)17-8-21(13)15-12(23)11(22)9(25-15)6-7-26(3,4)5/h8-9,11-12,15,22-23H,3,6-7H2,1-2,4-5H3,(H,18,19,24)/t9-,11-,12-,15-/m1/s1. The number of aromatic amines is 1. The highest BCUT2D eigenvalue weighted by Gasteiger charge is 2.44. The van der Waals surface area contributed by atoms with E-state index in [1.54, 1.807) is 19.0 Å². The molecule has 1 saturated heterocycles. The van der Waals surface area contributed by atoms with Crippen LogP contribution in [0.2, 0.25) is 0 Å². The second kappa shape index (κ2) is 6.81. The smallest absolute Gasteiger partial charge is 0.280 e. The number of nitrogens with one attached hydrogen (secondary N) is 1. The van der Waals surface area contributed by atoms with Crippen LogP contribution in [0.4, 0.5) is 5.95 Å². The van der Waals surface area contributed by atoms with Crippen LogP contribution in [-0.4, -0.2) is 87.9 Å². The lowest BCUT2D eigenvalue weighted by Crippen LogP contribution is -2.32. The Balaban J connectivity index is 1.93. The Morgan fingerprint density at radius 3 is 2.69 bits per heavy atom. The molecule has 26 heavy (non-hydrogen) atoms. The van der Waals surface area contributed by atoms with E-state index in [2.05, 4.69) is 34.6 Å². The largest absolute Gasteiger partial charge is 0.388 e. The van der Waals surface area contributed by atoms with Gasteiger partial charge in [0.1, 0.15) is 12.2 Å². The van der Waals surface area contributed by atoms with Crippen LogP contribution >= 0.6 is 6.89 Å². The predicted octanol–water partition coefficient (Wildman–Crippen LogP) is -0.0959. The van der Waals surface area contributed by atoms with Crippen LogP contribution in [0.15, 0.2) is 11.1 Å². The first kappa shape index (κ1) is 19.1. The van der Waals surface area contributed by atoms with Gasteiger partial charge in [0.25, 0.3) is 5.56 Å². The molecular formula is C16H26N5O4P. The number of imidazole rings is 1. The van der Waals surface area contributed by atoms with Crippen LogP contribution in [0.25, 0.3) is 11.2 Å². The zero-order chi connectivity index (χ0) is 19.2. The Morgan fingerprint density at radius 1 is 1.38 bits per heavy atom. The molecule has 3 heterocycles. The van der Waals surface area contributed by atoms with Gasteiger partial charge in [0.2, 0.25) is 5.95 Å². The van der Waals surface area contributed by atoms with Crippen molar-refractivity contribution in [3.63, 3.8) is 0 Å². The van der Waals surface area contributed by atoms with E-state index in [0.717, 1.165) is 6.16 Å². The van der Waals surface area contributed by atoms with Gasteiger partial charge >= 0.3 is 0 Å². The molecule has 2 aromatic heterocycles. The first-order chi connectivity index (χ1) is 12.1. The molecule has 0 bridgehead atoms. The highest BCUT2D eigenvalue weighted by Crippen LogP contribution is 2.39. The predicted molar refractivity (Wildman–Crippen MR) is 104 cm³/mol. The number of aromatic nitrogens is 4. The van der Waals surface area contributed by atoms with Crippen LogP contribution in [0.5, 0.6) is 0 Å². The number of ether oxygens (including phenoxy) is 1. The molecule has 0 spiro atoms. The minimum atomic E-state index is -1.26. The Morgan fingerprint density at radius 2 is 2.08 bits per heavy atom. The summed E-state index contributed by atoms with van der Waals surface area (Å²) in [6, 6.07) is 0. The molecule has 0 radical (unpaired) electrons. The highest BCUT2D eigenvalue weighted by atomic mass is 31.2. The van der Waals surface area contributed by atoms with Gasteiger partial charge in [-0.15, -0.1) is 13.2 Å². The first-order valence-electron chi connectivity index (χ1n) is 8.41. The number of rotatable bonds is 5. The summed E-state index contributed by atoms with van der Waals surface area (Å²) in [4.78, 5) is 25.0. The molecular weight excluding hydrogens is 357 g/mol. The molecule has 3 rings (SSSR count). The van der Waals surface area contributed by atoms with Crippen LogP contribution in [-0.2, 0) is 4.74 Å². The van der Waals surface area contributed by atoms with E-state index < -0.39 is 31.4 Å². The molecule has 1 aliphatic rings. The summed E-state index contributed by atoms with van der Waals surface area (Å²) < 4.78 is 7.43. The van der Waals surface area contributed by atoms with Crippen molar-refractivity contribution in [2.75, 3.05) is 38.5 Å². The van der Waals surface area contributed by atoms with Gasteiger partial charge < -0.3 is 19.8 Å². The summed E-state index contributed by atoms with van der Waals surface area (Å²) in [6.07, 6.45) is 3.54. The fourth-order valence-electron chi connectivity index (χ4n) is 2.99. The van der Waals surface area contributed by atoms with Crippen molar-refractivity contribution in [3.8, 4) is 0 Å². The molecule has 3 N–H and O–H groups in total. The number of anilines is 1. The second-order valence-electron chi connectivity index (χ2n) is 7.60. The van der Waals surface area contributed by atoms with E-state index in [1.807, 2.05) is 0 Å². The fourth-order valence-corrected chi connectivity index (χ4v) is 3.94. The Labute approximate surface area is 151 Å². The van der Waals surface area contributed by atoms with Crippen LogP contribution in [0.1, 0.15) is 12.6 Å². The van der Waals surface area contributed by atoms with Crippen LogP contribution in [0.3, 0.4) is 0 Å². The molecule has 9 nitrogen and oxygen atoms in total. The van der Waals surface area contributed by atoms with Crippen LogP contribution in [0, 0.1) is 0 Å². The van der Waals surface area contributed by atoms with Gasteiger partial charge in [0.15, 0.2) is 17.4 Å². The SMILES string of the molecule is C=P(C)(C)CC[C@H]1O[C@@H](n2cnc3c(=O)[nH]c(N(C)C)nc32)[C@H](O)[C@@H]1O. The quantitative estimate of drug-likeness (QED) is 0.618. The molecule has 0 aromatic carbocycles. The lowest BCUT2D eigenvalue weighted by Gasteiger charge is -2.18. The van der Waals surface area contributed by atoms with Crippen molar-refractivity contribution in [1.29, 1.82) is 0 Å². The topological polar surface area (TPSA) is 117 Å². The summed E-state index contributed by atoms with van der Waals surface area (Å²) in [5.74, 6) is 0.373. The third-order valence-corrected chi connectivity index (χ3v) is 5.94. The summed E-state index contributed by atoms with van der Waals surface area (Å²) in [6.45, 7) is 2.97. The van der Waals surface area contributed by atoms with E-state index in [4.69, 9.17) is 4.74 Å². The van der Waals surface area contributed by atoms with Crippen molar-refractivity contribution in [1.82, 2.24) is 19.5 Å². The molecule has 0 aliphatic carbocycles. The minimum Gasteiger partial charge on any atom is -0.388 e. The zero-order valence-electron chi connectivity index (χ0n) is 15.5. The van der Waals surface area contributed by atoms with E-state index in [1.165, 1.54) is 10.9 Å². The number of nitrogens with zero attached hydrogens (tertiary/aromatic N) is 4. The maximum atomic E-state index is 12.2. The monoisotopic (exact) mass is 383 g/mol. The molecule has 2 aromatic rings. The Bertz CT molecular complexity index is 902. The summed E-state index contributed by atoms with van der Waals surface area (Å²) in [5, 5.41) is 20.9. The lowest BCUT2D eigenvalue weighted by atomic mass is 10.1. The lowest BCUT2D eigenvalue weighted by molar-refractivity contribution is -0.0353. The summed E-state index contributed by atoms with van der Waals surface area (Å²) in [7, 11) is 3.52. The van der Waals surface area contributed by atoms with E-state index in [9.17, 15) is 15.0 Å². The van der Waals surface area contributed by atoms with E-state index >= 15 is 0 Å². The van der Waals surface area contributed by atoms with Crippen molar-refractivity contribution in [3.05, 3.63) is 16.7 Å². The number of hydrogen-bond acceptors (Lipinski definition) is 7. The average molecular weight is 383 g/mol. The molecule has 0 unspecified atom stereocenters. The fraction of sp³-hybridized carbons (Fsp3) is 0.625. The highest BCUT2D eigenvalue weighted by molar-refractivity contribution is 7.72. The van der Waals surface area contributed by atoms with Gasteiger partial charge in [-0.2, -0.15) is 4.98 Å². The van der Waals surface area contributed by atoms with E-state index in [0.29, 0.717) is 18.0 Å². The van der Waals surface area contributed by atoms with Gasteiger partial charge in [-0.25, -0.2) is 4.98 Å². The van der Waals surface area contributed by atoms with Crippen molar-refractivity contribution >= 4 is 30.3 Å². The number of aliphatic hydroxyl groups excluding tert-OH is 2. The maximum absolute atomic E-state index is 12.2. The Kier molecular flexibility index (Phi) is 5.00. The average Bonchev–Trinajstić information content (AvgIpc) is 3.08. The normalized spacial score (nSPS) is 26.5. The maximum Gasteiger partial charge on any atom is 0.280 e. The second-order valence-corrected chi connectivity index (χ2v) is 11.9. The third kappa shape index (κ3) is 3.57. The number of H-pyrrole nitrogens is 1. The molecule has 0 saturated carbocycles. The molecule has 1 fully saturated rings. The number of aliphatic hydroxyl groups is 2. The molecule has 144 valence electrons.